The van der Waals surface area contributed by atoms with Gasteiger partial charge in [-0.15, -0.1) is 13.2 Å². The van der Waals surface area contributed by atoms with Crippen LogP contribution in [0, 0.1) is 0 Å². The van der Waals surface area contributed by atoms with E-state index in [2.05, 4.69) is 9.72 Å². The Bertz CT molecular complexity index is 461. The maximum atomic E-state index is 12.4. The maximum Gasteiger partial charge on any atom is 0.574 e. The molecule has 0 aliphatic carbocycles. The number of ether oxygens (including phenoxy) is 1. The van der Waals surface area contributed by atoms with Gasteiger partial charge >= 0.3 is 12.3 Å². The first-order valence-corrected chi connectivity index (χ1v) is 4.48. The summed E-state index contributed by atoms with van der Waals surface area (Å²) < 4.78 is 51.8. The summed E-state index contributed by atoms with van der Waals surface area (Å²) in [6.07, 6.45) is -5.90. The summed E-state index contributed by atoms with van der Waals surface area (Å²) in [5, 5.41) is 17.7. The Morgan fingerprint density at radius 1 is 1.44 bits per heavy atom. The average Bonchev–Trinajstić information content (AvgIpc) is 2.19. The SMILES string of the molecule is O=C(O)Cc1nc(OC(F)(F)F)c(CF)cc1O. The average molecular weight is 269 g/mol. The zero-order chi connectivity index (χ0) is 13.9. The van der Waals surface area contributed by atoms with E-state index in [9.17, 15) is 27.5 Å². The van der Waals surface area contributed by atoms with E-state index in [0.717, 1.165) is 0 Å². The number of aromatic hydroxyl groups is 1. The topological polar surface area (TPSA) is 79.7 Å². The number of halogens is 4. The highest BCUT2D eigenvalue weighted by Gasteiger charge is 2.33. The molecule has 0 unspecified atom stereocenters. The number of aromatic nitrogens is 1. The van der Waals surface area contributed by atoms with Gasteiger partial charge in [-0.05, 0) is 6.07 Å². The summed E-state index contributed by atoms with van der Waals surface area (Å²) in [5.41, 5.74) is -1.17. The van der Waals surface area contributed by atoms with Crippen LogP contribution in [0.4, 0.5) is 17.6 Å². The molecule has 2 N–H and O–H groups in total. The lowest BCUT2D eigenvalue weighted by Gasteiger charge is -2.12. The molecule has 18 heavy (non-hydrogen) atoms. The van der Waals surface area contributed by atoms with Crippen molar-refractivity contribution in [3.05, 3.63) is 17.3 Å². The van der Waals surface area contributed by atoms with Crippen molar-refractivity contribution in [1.82, 2.24) is 4.98 Å². The zero-order valence-electron chi connectivity index (χ0n) is 8.66. The van der Waals surface area contributed by atoms with E-state index in [4.69, 9.17) is 5.11 Å². The molecule has 0 aliphatic heterocycles. The highest BCUT2D eigenvalue weighted by Crippen LogP contribution is 2.29. The van der Waals surface area contributed by atoms with Crippen molar-refractivity contribution in [3.63, 3.8) is 0 Å². The fourth-order valence-electron chi connectivity index (χ4n) is 1.13. The Labute approximate surface area is 97.6 Å². The number of aliphatic carboxylic acids is 1. The summed E-state index contributed by atoms with van der Waals surface area (Å²) in [6.45, 7) is -1.35. The largest absolute Gasteiger partial charge is 0.574 e. The lowest BCUT2D eigenvalue weighted by molar-refractivity contribution is -0.276. The van der Waals surface area contributed by atoms with Crippen LogP contribution < -0.4 is 4.74 Å². The normalized spacial score (nSPS) is 11.3. The molecule has 0 radical (unpaired) electrons. The van der Waals surface area contributed by atoms with Gasteiger partial charge in [-0.3, -0.25) is 4.79 Å². The molecular weight excluding hydrogens is 262 g/mol. The monoisotopic (exact) mass is 269 g/mol. The van der Waals surface area contributed by atoms with E-state index in [1.54, 1.807) is 0 Å². The maximum absolute atomic E-state index is 12.4. The van der Waals surface area contributed by atoms with Gasteiger partial charge in [-0.1, -0.05) is 0 Å². The minimum Gasteiger partial charge on any atom is -0.506 e. The van der Waals surface area contributed by atoms with E-state index in [1.807, 2.05) is 0 Å². The van der Waals surface area contributed by atoms with E-state index in [1.165, 1.54) is 0 Å². The van der Waals surface area contributed by atoms with Gasteiger partial charge in [0.25, 0.3) is 0 Å². The van der Waals surface area contributed by atoms with Gasteiger partial charge in [0.05, 0.1) is 12.1 Å². The first-order chi connectivity index (χ1) is 8.23. The predicted octanol–water partition coefficient (Wildman–Crippen LogP) is 1.78. The number of alkyl halides is 4. The summed E-state index contributed by atoms with van der Waals surface area (Å²) in [6, 6.07) is 0.645. The number of carboxylic acids is 1. The van der Waals surface area contributed by atoms with Gasteiger partial charge in [0.2, 0.25) is 5.88 Å². The van der Waals surface area contributed by atoms with Gasteiger partial charge in [-0.2, -0.15) is 0 Å². The number of hydrogen-bond donors (Lipinski definition) is 2. The second-order valence-corrected chi connectivity index (χ2v) is 3.17. The number of pyridine rings is 1. The standard InChI is InChI=1S/C9H7F4NO4/c10-3-4-1-6(15)5(2-7(16)17)14-8(4)18-9(11,12)13/h1,15H,2-3H2,(H,16,17). The quantitative estimate of drug-likeness (QED) is 0.814. The smallest absolute Gasteiger partial charge is 0.506 e. The first kappa shape index (κ1) is 14.0. The van der Waals surface area contributed by atoms with Crippen molar-refractivity contribution in [3.8, 4) is 11.6 Å². The van der Waals surface area contributed by atoms with Crippen molar-refractivity contribution in [2.24, 2.45) is 0 Å². The fourth-order valence-corrected chi connectivity index (χ4v) is 1.13. The van der Waals surface area contributed by atoms with Crippen molar-refractivity contribution in [1.29, 1.82) is 0 Å². The summed E-state index contributed by atoms with van der Waals surface area (Å²) in [7, 11) is 0. The van der Waals surface area contributed by atoms with Crippen LogP contribution >= 0.6 is 0 Å². The molecule has 9 heteroatoms. The summed E-state index contributed by atoms with van der Waals surface area (Å²) in [4.78, 5) is 13.5. The van der Waals surface area contributed by atoms with E-state index in [0.29, 0.717) is 6.07 Å². The van der Waals surface area contributed by atoms with Gasteiger partial charge in [-0.25, -0.2) is 9.37 Å². The number of rotatable bonds is 4. The van der Waals surface area contributed by atoms with Crippen LogP contribution in [0.3, 0.4) is 0 Å². The lowest BCUT2D eigenvalue weighted by atomic mass is 10.2. The molecule has 0 aromatic carbocycles. The second-order valence-electron chi connectivity index (χ2n) is 3.17. The molecule has 1 heterocycles. The molecule has 1 rings (SSSR count). The third-order valence-corrected chi connectivity index (χ3v) is 1.79. The van der Waals surface area contributed by atoms with Gasteiger partial charge in [0.15, 0.2) is 0 Å². The van der Waals surface area contributed by atoms with E-state index in [-0.39, 0.29) is 0 Å². The van der Waals surface area contributed by atoms with Crippen molar-refractivity contribution in [2.75, 3.05) is 0 Å². The van der Waals surface area contributed by atoms with Gasteiger partial charge < -0.3 is 14.9 Å². The van der Waals surface area contributed by atoms with Crippen LogP contribution in [0.15, 0.2) is 6.07 Å². The van der Waals surface area contributed by atoms with Crippen molar-refractivity contribution < 1.29 is 37.3 Å². The molecule has 5 nitrogen and oxygen atoms in total. The first-order valence-electron chi connectivity index (χ1n) is 4.48. The fraction of sp³-hybridized carbons (Fsp3) is 0.333. The van der Waals surface area contributed by atoms with Crippen LogP contribution in [0.25, 0.3) is 0 Å². The summed E-state index contributed by atoms with van der Waals surface area (Å²) in [5.74, 6) is -3.23. The van der Waals surface area contributed by atoms with E-state index < -0.39 is 48.3 Å². The summed E-state index contributed by atoms with van der Waals surface area (Å²) >= 11 is 0. The molecule has 0 atom stereocenters. The third kappa shape index (κ3) is 3.75. The van der Waals surface area contributed by atoms with Crippen LogP contribution in [0.5, 0.6) is 11.6 Å². The Kier molecular flexibility index (Phi) is 3.94. The predicted molar refractivity (Wildman–Crippen MR) is 48.7 cm³/mol. The van der Waals surface area contributed by atoms with E-state index >= 15 is 0 Å². The van der Waals surface area contributed by atoms with Crippen LogP contribution in [0.1, 0.15) is 11.3 Å². The van der Waals surface area contributed by atoms with Gasteiger partial charge in [0, 0.05) is 5.56 Å². The van der Waals surface area contributed by atoms with Gasteiger partial charge in [0.1, 0.15) is 12.4 Å². The number of nitrogens with zero attached hydrogens (tertiary/aromatic N) is 1. The Balaban J connectivity index is 3.17. The molecule has 0 bridgehead atoms. The minimum absolute atomic E-state index is 0.543. The van der Waals surface area contributed by atoms with Crippen LogP contribution in [-0.2, 0) is 17.9 Å². The molecular formula is C9H7F4NO4. The molecule has 1 aromatic heterocycles. The molecule has 100 valence electrons. The number of carbonyl (C=O) groups is 1. The number of carboxylic acid groups (broad SMARTS) is 1. The highest BCUT2D eigenvalue weighted by atomic mass is 19.4. The minimum atomic E-state index is -5.09. The third-order valence-electron chi connectivity index (χ3n) is 1.79. The Hall–Kier alpha value is -2.06. The molecule has 0 saturated heterocycles. The van der Waals surface area contributed by atoms with Crippen molar-refractivity contribution >= 4 is 5.97 Å². The molecule has 0 aliphatic rings. The molecule has 0 saturated carbocycles. The van der Waals surface area contributed by atoms with Crippen molar-refractivity contribution in [2.45, 2.75) is 19.5 Å². The molecule has 0 amide bonds. The second kappa shape index (κ2) is 5.07. The molecule has 0 fully saturated rings. The Morgan fingerprint density at radius 2 is 2.06 bits per heavy atom. The molecule has 1 aromatic rings. The number of hydrogen-bond acceptors (Lipinski definition) is 4. The lowest BCUT2D eigenvalue weighted by Crippen LogP contribution is -2.19. The zero-order valence-corrected chi connectivity index (χ0v) is 8.66. The van der Waals surface area contributed by atoms with Crippen LogP contribution in [0.2, 0.25) is 0 Å². The molecule has 0 spiro atoms. The Morgan fingerprint density at radius 3 is 2.50 bits per heavy atom. The highest BCUT2D eigenvalue weighted by molar-refractivity contribution is 5.70. The van der Waals surface area contributed by atoms with Crippen LogP contribution in [-0.4, -0.2) is 27.5 Å².